The van der Waals surface area contributed by atoms with E-state index in [0.717, 1.165) is 51.4 Å². The van der Waals surface area contributed by atoms with Crippen LogP contribution in [0.15, 0.2) is 0 Å². The van der Waals surface area contributed by atoms with Crippen molar-refractivity contribution in [1.29, 1.82) is 0 Å². The van der Waals surface area contributed by atoms with Crippen LogP contribution in [0.5, 0.6) is 0 Å². The Labute approximate surface area is 246 Å². The largest absolute Gasteiger partial charge is 0.448 e. The van der Waals surface area contributed by atoms with Gasteiger partial charge in [-0.1, -0.05) is 44.9 Å². The molecule has 3 rings (SSSR count). The Kier molecular flexibility index (Phi) is 15.1. The van der Waals surface area contributed by atoms with Crippen LogP contribution in [0.4, 0.5) is 9.59 Å². The van der Waals surface area contributed by atoms with E-state index >= 15 is 0 Å². The molecule has 3 aliphatic rings. The minimum absolute atomic E-state index is 0.0407. The molecule has 0 radical (unpaired) electrons. The molecule has 3 fully saturated rings. The second-order valence-electron chi connectivity index (χ2n) is 12.5. The zero-order valence-electron chi connectivity index (χ0n) is 25.3. The van der Waals surface area contributed by atoms with Crippen LogP contribution in [0, 0.1) is 23.7 Å². The molecule has 3 N–H and O–H groups in total. The summed E-state index contributed by atoms with van der Waals surface area (Å²) in [5.74, 6) is 1.82. The number of carbonyl (C=O) groups excluding carboxylic acids is 4. The van der Waals surface area contributed by atoms with Crippen LogP contribution >= 0.6 is 0 Å². The number of amides is 4. The van der Waals surface area contributed by atoms with Crippen LogP contribution < -0.4 is 16.0 Å². The first-order valence-electron chi connectivity index (χ1n) is 16.2. The SMILES string of the molecule is CN(CCOC(=O)NCC1CCCC(CNC(=O)OCCNC(=O)CC2CCCCC2)C1)C(=O)CC1CCCCC1. The van der Waals surface area contributed by atoms with Gasteiger partial charge in [0, 0.05) is 33.0 Å². The van der Waals surface area contributed by atoms with E-state index in [1.165, 1.54) is 38.5 Å². The molecule has 0 heterocycles. The molecule has 3 saturated carbocycles. The summed E-state index contributed by atoms with van der Waals surface area (Å²) in [5, 5.41) is 8.56. The number of ether oxygens (including phenoxy) is 2. The number of nitrogens with one attached hydrogen (secondary N) is 3. The number of likely N-dealkylation sites (N-methyl/N-ethyl adjacent to an activating group) is 1. The molecule has 0 aromatic rings. The van der Waals surface area contributed by atoms with Crippen molar-refractivity contribution in [2.75, 3.05) is 46.4 Å². The number of rotatable bonds is 14. The van der Waals surface area contributed by atoms with Crippen LogP contribution in [-0.2, 0) is 19.1 Å². The van der Waals surface area contributed by atoms with Crippen molar-refractivity contribution >= 4 is 24.0 Å². The van der Waals surface area contributed by atoms with Gasteiger partial charge < -0.3 is 30.3 Å². The maximum atomic E-state index is 12.4. The number of carbonyl (C=O) groups is 4. The molecule has 4 amide bonds. The second kappa shape index (κ2) is 18.8. The number of hydrogen-bond acceptors (Lipinski definition) is 6. The lowest BCUT2D eigenvalue weighted by molar-refractivity contribution is -0.131. The van der Waals surface area contributed by atoms with Gasteiger partial charge in [-0.2, -0.15) is 0 Å². The third-order valence-electron chi connectivity index (χ3n) is 9.09. The summed E-state index contributed by atoms with van der Waals surface area (Å²) in [6, 6.07) is 0. The predicted octanol–water partition coefficient (Wildman–Crippen LogP) is 4.76. The van der Waals surface area contributed by atoms with Crippen LogP contribution in [0.3, 0.4) is 0 Å². The lowest BCUT2D eigenvalue weighted by atomic mass is 9.81. The zero-order valence-corrected chi connectivity index (χ0v) is 25.3. The Morgan fingerprint density at radius 3 is 1.73 bits per heavy atom. The van der Waals surface area contributed by atoms with E-state index in [0.29, 0.717) is 62.7 Å². The van der Waals surface area contributed by atoms with Crippen molar-refractivity contribution in [1.82, 2.24) is 20.9 Å². The first kappa shape index (κ1) is 33.0. The van der Waals surface area contributed by atoms with E-state index in [4.69, 9.17) is 9.47 Å². The summed E-state index contributed by atoms with van der Waals surface area (Å²) in [6.45, 7) is 2.15. The molecule has 0 aromatic carbocycles. The summed E-state index contributed by atoms with van der Waals surface area (Å²) in [7, 11) is 1.77. The molecule has 2 unspecified atom stereocenters. The normalized spacial score (nSPS) is 21.9. The van der Waals surface area contributed by atoms with Crippen molar-refractivity contribution < 1.29 is 28.7 Å². The summed E-state index contributed by atoms with van der Waals surface area (Å²) < 4.78 is 10.5. The van der Waals surface area contributed by atoms with Crippen molar-refractivity contribution in [2.24, 2.45) is 23.7 Å². The molecule has 41 heavy (non-hydrogen) atoms. The Morgan fingerprint density at radius 1 is 0.634 bits per heavy atom. The second-order valence-corrected chi connectivity index (χ2v) is 12.5. The fourth-order valence-electron chi connectivity index (χ4n) is 6.58. The molecular formula is C31H54N4O6. The highest BCUT2D eigenvalue weighted by atomic mass is 16.6. The number of nitrogens with zero attached hydrogens (tertiary/aromatic N) is 1. The molecule has 0 aliphatic heterocycles. The third-order valence-corrected chi connectivity index (χ3v) is 9.09. The average molecular weight is 579 g/mol. The number of alkyl carbamates (subject to hydrolysis) is 2. The fraction of sp³-hybridized carbons (Fsp3) is 0.871. The quantitative estimate of drug-likeness (QED) is 0.255. The maximum Gasteiger partial charge on any atom is 0.407 e. The Bertz CT molecular complexity index is 812. The van der Waals surface area contributed by atoms with E-state index < -0.39 is 12.2 Å². The van der Waals surface area contributed by atoms with Crippen LogP contribution in [0.1, 0.15) is 103 Å². The summed E-state index contributed by atoms with van der Waals surface area (Å²) >= 11 is 0. The lowest BCUT2D eigenvalue weighted by Crippen LogP contribution is -2.37. The van der Waals surface area contributed by atoms with Gasteiger partial charge in [-0.05, 0) is 68.6 Å². The van der Waals surface area contributed by atoms with Crippen LogP contribution in [0.25, 0.3) is 0 Å². The van der Waals surface area contributed by atoms with E-state index in [-0.39, 0.29) is 25.0 Å². The highest BCUT2D eigenvalue weighted by molar-refractivity contribution is 5.76. The van der Waals surface area contributed by atoms with Crippen molar-refractivity contribution in [3.8, 4) is 0 Å². The minimum Gasteiger partial charge on any atom is -0.448 e. The lowest BCUT2D eigenvalue weighted by Gasteiger charge is -2.29. The highest BCUT2D eigenvalue weighted by Gasteiger charge is 2.24. The van der Waals surface area contributed by atoms with Crippen molar-refractivity contribution in [3.63, 3.8) is 0 Å². The summed E-state index contributed by atoms with van der Waals surface area (Å²) in [4.78, 5) is 50.4. The zero-order chi connectivity index (χ0) is 29.3. The standard InChI is InChI=1S/C31H54N4O6/c1-35(29(37)21-25-11-6-3-7-12-25)16-18-41-31(39)34-23-27-14-8-13-26(19-27)22-33-30(38)40-17-15-32-28(36)20-24-9-4-2-5-10-24/h24-27H,2-23H2,1H3,(H,32,36)(H,33,38)(H,34,39). The summed E-state index contributed by atoms with van der Waals surface area (Å²) in [6.07, 6.45) is 16.2. The number of hydrogen-bond donors (Lipinski definition) is 3. The maximum absolute atomic E-state index is 12.4. The van der Waals surface area contributed by atoms with Gasteiger partial charge in [0.15, 0.2) is 0 Å². The molecule has 0 aromatic heterocycles. The molecule has 2 atom stereocenters. The van der Waals surface area contributed by atoms with E-state index in [1.807, 2.05) is 0 Å². The molecule has 10 heteroatoms. The van der Waals surface area contributed by atoms with Gasteiger partial charge in [0.2, 0.25) is 11.8 Å². The Hall–Kier alpha value is -2.52. The van der Waals surface area contributed by atoms with E-state index in [1.54, 1.807) is 11.9 Å². The smallest absolute Gasteiger partial charge is 0.407 e. The fourth-order valence-corrected chi connectivity index (χ4v) is 6.58. The van der Waals surface area contributed by atoms with E-state index in [9.17, 15) is 19.2 Å². The molecule has 10 nitrogen and oxygen atoms in total. The van der Waals surface area contributed by atoms with Crippen molar-refractivity contribution in [3.05, 3.63) is 0 Å². The molecule has 0 spiro atoms. The molecular weight excluding hydrogens is 524 g/mol. The monoisotopic (exact) mass is 578 g/mol. The molecule has 234 valence electrons. The first-order chi connectivity index (χ1) is 19.9. The predicted molar refractivity (Wildman–Crippen MR) is 157 cm³/mol. The average Bonchev–Trinajstić information content (AvgIpc) is 2.98. The van der Waals surface area contributed by atoms with Gasteiger partial charge in [-0.25, -0.2) is 9.59 Å². The van der Waals surface area contributed by atoms with Crippen LogP contribution in [-0.4, -0.2) is 75.3 Å². The molecule has 3 aliphatic carbocycles. The topological polar surface area (TPSA) is 126 Å². The van der Waals surface area contributed by atoms with Gasteiger partial charge in [-0.3, -0.25) is 9.59 Å². The van der Waals surface area contributed by atoms with Gasteiger partial charge in [0.1, 0.15) is 13.2 Å². The van der Waals surface area contributed by atoms with Crippen LogP contribution in [0.2, 0.25) is 0 Å². The van der Waals surface area contributed by atoms with Gasteiger partial charge in [0.25, 0.3) is 0 Å². The Balaban J connectivity index is 1.18. The highest BCUT2D eigenvalue weighted by Crippen LogP contribution is 2.29. The molecule has 0 saturated heterocycles. The summed E-state index contributed by atoms with van der Waals surface area (Å²) in [5.41, 5.74) is 0. The third kappa shape index (κ3) is 13.8. The minimum atomic E-state index is -0.461. The van der Waals surface area contributed by atoms with E-state index in [2.05, 4.69) is 16.0 Å². The first-order valence-corrected chi connectivity index (χ1v) is 16.2. The van der Waals surface area contributed by atoms with Crippen molar-refractivity contribution in [2.45, 2.75) is 103 Å². The van der Waals surface area contributed by atoms with Gasteiger partial charge >= 0.3 is 12.2 Å². The van der Waals surface area contributed by atoms with Gasteiger partial charge in [0.05, 0.1) is 13.1 Å². The molecule has 0 bridgehead atoms. The Morgan fingerprint density at radius 2 is 1.15 bits per heavy atom. The van der Waals surface area contributed by atoms with Gasteiger partial charge in [-0.15, -0.1) is 0 Å².